The van der Waals surface area contributed by atoms with Crippen LogP contribution in [0.25, 0.3) is 28.2 Å². The minimum absolute atomic E-state index is 0.365. The van der Waals surface area contributed by atoms with Crippen LogP contribution in [-0.2, 0) is 18.3 Å². The second-order valence-corrected chi connectivity index (χ2v) is 7.97. The summed E-state index contributed by atoms with van der Waals surface area (Å²) >= 11 is 0. The van der Waals surface area contributed by atoms with Crippen LogP contribution in [0.1, 0.15) is 6.42 Å². The van der Waals surface area contributed by atoms with Crippen LogP contribution >= 0.6 is 0 Å². The van der Waals surface area contributed by atoms with E-state index in [4.69, 9.17) is 14.5 Å². The van der Waals surface area contributed by atoms with Crippen LogP contribution in [0.3, 0.4) is 0 Å². The van der Waals surface area contributed by atoms with Crippen LogP contribution in [0, 0.1) is 0 Å². The Morgan fingerprint density at radius 1 is 1.12 bits per heavy atom. The largest absolute Gasteiger partial charge is 0.497 e. The highest BCUT2D eigenvalue weighted by molar-refractivity contribution is 5.78. The van der Waals surface area contributed by atoms with Gasteiger partial charge in [0.2, 0.25) is 5.78 Å². The molecule has 0 aliphatic carbocycles. The van der Waals surface area contributed by atoms with Crippen molar-refractivity contribution >= 4 is 16.9 Å². The monoisotopic (exact) mass is 438 g/mol. The van der Waals surface area contributed by atoms with Crippen molar-refractivity contribution in [2.24, 2.45) is 7.05 Å². The number of aromatic amines is 1. The average molecular weight is 438 g/mol. The smallest absolute Gasteiger partial charge is 0.329 e. The van der Waals surface area contributed by atoms with Crippen LogP contribution in [0.2, 0.25) is 0 Å². The van der Waals surface area contributed by atoms with Gasteiger partial charge >= 0.3 is 5.69 Å². The summed E-state index contributed by atoms with van der Waals surface area (Å²) in [5.41, 5.74) is 1.77. The molecule has 32 heavy (non-hydrogen) atoms. The van der Waals surface area contributed by atoms with Gasteiger partial charge in [0, 0.05) is 45.0 Å². The van der Waals surface area contributed by atoms with Crippen molar-refractivity contribution in [2.45, 2.75) is 13.0 Å². The Morgan fingerprint density at radius 2 is 1.88 bits per heavy atom. The van der Waals surface area contributed by atoms with E-state index in [-0.39, 0.29) is 0 Å². The molecule has 0 saturated carbocycles. The summed E-state index contributed by atoms with van der Waals surface area (Å²) in [5.74, 6) is 1.42. The van der Waals surface area contributed by atoms with Gasteiger partial charge in [0.15, 0.2) is 11.2 Å². The molecule has 1 fully saturated rings. The van der Waals surface area contributed by atoms with E-state index in [1.807, 2.05) is 30.5 Å². The van der Waals surface area contributed by atoms with Gasteiger partial charge < -0.3 is 14.0 Å². The molecule has 0 bridgehead atoms. The van der Waals surface area contributed by atoms with Crippen molar-refractivity contribution in [3.05, 3.63) is 51.3 Å². The molecule has 4 heterocycles. The molecular weight excluding hydrogens is 412 g/mol. The normalized spacial score (nSPS) is 15.1. The van der Waals surface area contributed by atoms with E-state index in [1.54, 1.807) is 18.6 Å². The van der Waals surface area contributed by atoms with Crippen LogP contribution in [-0.4, -0.2) is 68.4 Å². The number of H-pyrrole nitrogens is 1. The van der Waals surface area contributed by atoms with E-state index < -0.39 is 11.2 Å². The predicted molar refractivity (Wildman–Crippen MR) is 120 cm³/mol. The molecule has 1 aliphatic rings. The fraction of sp³-hybridized carbons (Fsp3) is 0.409. The summed E-state index contributed by atoms with van der Waals surface area (Å²) in [6.07, 6.45) is 2.84. The lowest BCUT2D eigenvalue weighted by Crippen LogP contribution is -2.37. The number of morpholine rings is 1. The molecule has 168 valence electrons. The fourth-order valence-electron chi connectivity index (χ4n) is 4.29. The SMILES string of the molecule is COc1ccc(-c2cn3c4c(=O)[nH]c(=O)n(C)c4nc3n2CCCN2CCOCC2)cc1. The van der Waals surface area contributed by atoms with Crippen molar-refractivity contribution in [1.29, 1.82) is 0 Å². The molecule has 4 aromatic rings. The number of imidazole rings is 2. The lowest BCUT2D eigenvalue weighted by atomic mass is 10.1. The summed E-state index contributed by atoms with van der Waals surface area (Å²) in [5, 5.41) is 0. The second-order valence-electron chi connectivity index (χ2n) is 7.97. The first kappa shape index (κ1) is 20.5. The van der Waals surface area contributed by atoms with Gasteiger partial charge in [0.25, 0.3) is 5.56 Å². The zero-order chi connectivity index (χ0) is 22.2. The van der Waals surface area contributed by atoms with Crippen LogP contribution < -0.4 is 16.0 Å². The van der Waals surface area contributed by atoms with E-state index in [0.29, 0.717) is 16.9 Å². The second kappa shape index (κ2) is 8.29. The summed E-state index contributed by atoms with van der Waals surface area (Å²) in [4.78, 5) is 34.1. The molecule has 1 aromatic carbocycles. The first-order valence-electron chi connectivity index (χ1n) is 10.7. The number of rotatable bonds is 6. The van der Waals surface area contributed by atoms with Gasteiger partial charge in [-0.15, -0.1) is 0 Å². The minimum Gasteiger partial charge on any atom is -0.497 e. The summed E-state index contributed by atoms with van der Waals surface area (Å²) in [6, 6.07) is 7.82. The molecule has 0 radical (unpaired) electrons. The van der Waals surface area contributed by atoms with Gasteiger partial charge in [-0.1, -0.05) is 0 Å². The number of ether oxygens (including phenoxy) is 2. The van der Waals surface area contributed by atoms with E-state index in [1.165, 1.54) is 4.57 Å². The fourth-order valence-corrected chi connectivity index (χ4v) is 4.29. The topological polar surface area (TPSA) is 98.8 Å². The number of aryl methyl sites for hydroxylation is 2. The lowest BCUT2D eigenvalue weighted by molar-refractivity contribution is 0.0370. The van der Waals surface area contributed by atoms with Gasteiger partial charge in [0.05, 0.1) is 26.0 Å². The zero-order valence-corrected chi connectivity index (χ0v) is 18.2. The Hall–Kier alpha value is -3.37. The molecular formula is C22H26N6O4. The summed E-state index contributed by atoms with van der Waals surface area (Å²) in [6.45, 7) is 5.11. The van der Waals surface area contributed by atoms with E-state index in [2.05, 4.69) is 14.5 Å². The van der Waals surface area contributed by atoms with Gasteiger partial charge in [0.1, 0.15) is 5.75 Å². The number of methoxy groups -OCH3 is 1. The predicted octanol–water partition coefficient (Wildman–Crippen LogP) is 1.07. The maximum absolute atomic E-state index is 12.6. The number of benzene rings is 1. The number of nitrogens with one attached hydrogen (secondary N) is 1. The Labute approximate surface area is 183 Å². The molecule has 0 unspecified atom stereocenters. The van der Waals surface area contributed by atoms with E-state index in [9.17, 15) is 9.59 Å². The highest BCUT2D eigenvalue weighted by atomic mass is 16.5. The van der Waals surface area contributed by atoms with Gasteiger partial charge in [-0.05, 0) is 30.7 Å². The average Bonchev–Trinajstić information content (AvgIpc) is 3.35. The Morgan fingerprint density at radius 3 is 2.59 bits per heavy atom. The number of aromatic nitrogens is 5. The third kappa shape index (κ3) is 3.51. The Balaban J connectivity index is 1.60. The number of hydrogen-bond donors (Lipinski definition) is 1. The van der Waals surface area contributed by atoms with Crippen molar-refractivity contribution in [3.8, 4) is 17.0 Å². The molecule has 1 saturated heterocycles. The van der Waals surface area contributed by atoms with E-state index >= 15 is 0 Å². The molecule has 0 spiro atoms. The highest BCUT2D eigenvalue weighted by Crippen LogP contribution is 2.27. The molecule has 1 N–H and O–H groups in total. The number of fused-ring (bicyclic) bond motifs is 3. The van der Waals surface area contributed by atoms with Crippen molar-refractivity contribution < 1.29 is 9.47 Å². The zero-order valence-electron chi connectivity index (χ0n) is 18.2. The molecule has 0 atom stereocenters. The van der Waals surface area contributed by atoms with Crippen molar-refractivity contribution in [1.82, 2.24) is 28.4 Å². The number of hydrogen-bond acceptors (Lipinski definition) is 6. The highest BCUT2D eigenvalue weighted by Gasteiger charge is 2.20. The lowest BCUT2D eigenvalue weighted by Gasteiger charge is -2.26. The maximum atomic E-state index is 12.6. The van der Waals surface area contributed by atoms with E-state index in [0.717, 1.165) is 62.8 Å². The van der Waals surface area contributed by atoms with Crippen molar-refractivity contribution in [2.75, 3.05) is 40.0 Å². The standard InChI is InChI=1S/C22H26N6O4/c1-25-19-18(20(29)24-22(25)30)28-14-17(15-4-6-16(31-2)7-5-15)27(21(28)23-19)9-3-8-26-10-12-32-13-11-26/h4-7,14H,3,8-13H2,1-2H3,(H,24,29,30). The first-order chi connectivity index (χ1) is 15.6. The molecule has 5 rings (SSSR count). The number of nitrogens with zero attached hydrogens (tertiary/aromatic N) is 5. The van der Waals surface area contributed by atoms with Crippen LogP contribution in [0.4, 0.5) is 0 Å². The van der Waals surface area contributed by atoms with Crippen LogP contribution in [0.15, 0.2) is 40.1 Å². The van der Waals surface area contributed by atoms with Gasteiger partial charge in [-0.25, -0.2) is 4.79 Å². The minimum atomic E-state index is -0.475. The molecule has 3 aromatic heterocycles. The molecule has 10 heteroatoms. The van der Waals surface area contributed by atoms with Crippen molar-refractivity contribution in [3.63, 3.8) is 0 Å². The third-order valence-electron chi connectivity index (χ3n) is 6.06. The quantitative estimate of drug-likeness (QED) is 0.484. The molecule has 1 aliphatic heterocycles. The summed E-state index contributed by atoms with van der Waals surface area (Å²) < 4.78 is 16.0. The van der Waals surface area contributed by atoms with Gasteiger partial charge in [-0.3, -0.25) is 23.6 Å². The Kier molecular flexibility index (Phi) is 5.32. The van der Waals surface area contributed by atoms with Gasteiger partial charge in [-0.2, -0.15) is 4.98 Å². The third-order valence-corrected chi connectivity index (χ3v) is 6.06. The maximum Gasteiger partial charge on any atom is 0.329 e. The Bertz CT molecular complexity index is 1370. The molecule has 10 nitrogen and oxygen atoms in total. The van der Waals surface area contributed by atoms with Crippen LogP contribution in [0.5, 0.6) is 5.75 Å². The first-order valence-corrected chi connectivity index (χ1v) is 10.7. The molecule has 0 amide bonds. The summed E-state index contributed by atoms with van der Waals surface area (Å²) in [7, 11) is 3.25.